The molecule has 1 heteroatoms. The molecule has 0 aromatic heterocycles. The molecule has 14 aromatic rings. The zero-order valence-electron chi connectivity index (χ0n) is 34.1. The summed E-state index contributed by atoms with van der Waals surface area (Å²) in [4.78, 5) is 0. The van der Waals surface area contributed by atoms with Gasteiger partial charge in [-0.2, -0.15) is 0 Å². The largest absolute Gasteiger partial charge is 0.0836 e. The van der Waals surface area contributed by atoms with E-state index in [1.54, 1.807) is 0 Å². The Hall–Kier alpha value is -7.77. The van der Waals surface area contributed by atoms with Crippen molar-refractivity contribution in [1.29, 1.82) is 0 Å². The molecule has 0 aliphatic heterocycles. The van der Waals surface area contributed by atoms with Crippen molar-refractivity contribution in [2.24, 2.45) is 0 Å². The Morgan fingerprint density at radius 1 is 0.190 bits per heavy atom. The fourth-order valence-electron chi connectivity index (χ4n) is 11.3. The molecular weight excluding hydrogens is 780 g/mol. The maximum absolute atomic E-state index is 7.21. The van der Waals surface area contributed by atoms with Crippen molar-refractivity contribution in [3.05, 3.63) is 217 Å². The lowest BCUT2D eigenvalue weighted by atomic mass is 9.86. The maximum Gasteiger partial charge on any atom is 0.0490 e. The molecule has 0 fully saturated rings. The monoisotopic (exact) mass is 814 g/mol. The molecule has 0 heterocycles. The Balaban J connectivity index is 0.970. The van der Waals surface area contributed by atoms with E-state index in [9.17, 15) is 0 Å². The van der Waals surface area contributed by atoms with Crippen LogP contribution in [-0.2, 0) is 0 Å². The molecule has 0 nitrogen and oxygen atoms in total. The molecule has 0 bridgehead atoms. The van der Waals surface area contributed by atoms with Crippen molar-refractivity contribution >= 4 is 130 Å². The second kappa shape index (κ2) is 13.1. The molecule has 0 atom stereocenters. The minimum Gasteiger partial charge on any atom is -0.0836 e. The van der Waals surface area contributed by atoms with Crippen LogP contribution >= 0.6 is 11.6 Å². The van der Waals surface area contributed by atoms with Crippen LogP contribution in [0.25, 0.3) is 141 Å². The fourth-order valence-corrected chi connectivity index (χ4v) is 11.6. The first kappa shape index (κ1) is 34.9. The first-order valence-electron chi connectivity index (χ1n) is 21.8. The summed E-state index contributed by atoms with van der Waals surface area (Å²) in [5, 5.41) is 28.7. The zero-order valence-corrected chi connectivity index (χ0v) is 34.8. The number of hydrogen-bond acceptors (Lipinski definition) is 0. The van der Waals surface area contributed by atoms with Crippen LogP contribution in [0, 0.1) is 0 Å². The summed E-state index contributed by atoms with van der Waals surface area (Å²) in [6.07, 6.45) is 0. The molecule has 0 radical (unpaired) electrons. The molecule has 0 unspecified atom stereocenters. The normalized spacial score (nSPS) is 12.2. The molecule has 0 amide bonds. The summed E-state index contributed by atoms with van der Waals surface area (Å²) in [6, 6.07) is 78.6. The van der Waals surface area contributed by atoms with Crippen molar-refractivity contribution < 1.29 is 0 Å². The average molecular weight is 815 g/mol. The predicted octanol–water partition coefficient (Wildman–Crippen LogP) is 18.4. The molecule has 0 saturated carbocycles. The van der Waals surface area contributed by atoms with E-state index in [4.69, 9.17) is 11.6 Å². The highest BCUT2D eigenvalue weighted by atomic mass is 35.5. The van der Waals surface area contributed by atoms with Crippen LogP contribution in [0.15, 0.2) is 212 Å². The number of rotatable bonds is 2. The first-order valence-corrected chi connectivity index (χ1v) is 22.1. The van der Waals surface area contributed by atoms with Crippen LogP contribution in [0.1, 0.15) is 0 Å². The van der Waals surface area contributed by atoms with Crippen LogP contribution in [0.5, 0.6) is 0 Å². The van der Waals surface area contributed by atoms with Gasteiger partial charge in [0.25, 0.3) is 0 Å². The number of halogens is 1. The van der Waals surface area contributed by atoms with E-state index < -0.39 is 0 Å². The Bertz CT molecular complexity index is 4320. The lowest BCUT2D eigenvalue weighted by Crippen LogP contribution is -1.89. The van der Waals surface area contributed by atoms with Crippen molar-refractivity contribution in [2.75, 3.05) is 0 Å². The van der Waals surface area contributed by atoms with Gasteiger partial charge in [0.1, 0.15) is 0 Å². The van der Waals surface area contributed by atoms with Gasteiger partial charge in [-0.25, -0.2) is 0 Å². The van der Waals surface area contributed by atoms with Crippen LogP contribution in [0.4, 0.5) is 0 Å². The maximum atomic E-state index is 7.21. The van der Waals surface area contributed by atoms with E-state index in [1.807, 2.05) is 0 Å². The van der Waals surface area contributed by atoms with Gasteiger partial charge in [0.2, 0.25) is 0 Å². The van der Waals surface area contributed by atoms with E-state index in [0.717, 1.165) is 26.9 Å². The fraction of sp³-hybridized carbons (Fsp3) is 0. The molecule has 0 saturated heterocycles. The van der Waals surface area contributed by atoms with E-state index >= 15 is 0 Å². The minimum atomic E-state index is 0.755. The first-order chi connectivity index (χ1) is 31.2. The molecule has 0 spiro atoms. The second-order valence-electron chi connectivity index (χ2n) is 17.2. The summed E-state index contributed by atoms with van der Waals surface area (Å²) >= 11 is 7.21. The molecule has 290 valence electrons. The van der Waals surface area contributed by atoms with Gasteiger partial charge in [-0.05, 0) is 166 Å². The van der Waals surface area contributed by atoms with Gasteiger partial charge in [0, 0.05) is 10.4 Å². The summed E-state index contributed by atoms with van der Waals surface area (Å²) in [7, 11) is 0. The molecule has 0 aliphatic carbocycles. The van der Waals surface area contributed by atoms with Gasteiger partial charge >= 0.3 is 0 Å². The van der Waals surface area contributed by atoms with Gasteiger partial charge in [0.15, 0.2) is 0 Å². The van der Waals surface area contributed by atoms with Crippen molar-refractivity contribution in [2.45, 2.75) is 0 Å². The topological polar surface area (TPSA) is 0 Å². The summed E-state index contributed by atoms with van der Waals surface area (Å²) in [5.41, 5.74) is 4.61. The SMILES string of the molecule is Clc1cc(-c2ccc3c(c2)c2ccccc2c2c4ccccc4c4ccccc4c32)cc2cc(-c3ccc4c(c3)c3ccccc3c3c5ccccc5c5ccccc5c43)ccc12. The summed E-state index contributed by atoms with van der Waals surface area (Å²) < 4.78 is 0. The van der Waals surface area contributed by atoms with Crippen LogP contribution in [0.2, 0.25) is 5.02 Å². The van der Waals surface area contributed by atoms with E-state index in [1.165, 1.54) is 119 Å². The lowest BCUT2D eigenvalue weighted by Gasteiger charge is -2.17. The Kier molecular flexibility index (Phi) is 7.26. The third-order valence-corrected chi connectivity index (χ3v) is 14.3. The van der Waals surface area contributed by atoms with Gasteiger partial charge in [-0.3, -0.25) is 0 Å². The predicted molar refractivity (Wildman–Crippen MR) is 275 cm³/mol. The minimum absolute atomic E-state index is 0.755. The number of fused-ring (bicyclic) bond motifs is 23. The number of hydrogen-bond donors (Lipinski definition) is 0. The highest BCUT2D eigenvalue weighted by Crippen LogP contribution is 2.47. The number of benzene rings is 14. The molecule has 63 heavy (non-hydrogen) atoms. The van der Waals surface area contributed by atoms with Gasteiger partial charge in [-0.15, -0.1) is 0 Å². The molecular formula is C62H35Cl. The van der Waals surface area contributed by atoms with Crippen molar-refractivity contribution in [3.8, 4) is 22.3 Å². The lowest BCUT2D eigenvalue weighted by molar-refractivity contribution is 1.66. The summed E-state index contributed by atoms with van der Waals surface area (Å²) in [6.45, 7) is 0. The smallest absolute Gasteiger partial charge is 0.0490 e. The average Bonchev–Trinajstić information content (AvgIpc) is 3.35. The van der Waals surface area contributed by atoms with Crippen molar-refractivity contribution in [1.82, 2.24) is 0 Å². The quantitative estimate of drug-likeness (QED) is 0.153. The molecule has 14 aromatic carbocycles. The van der Waals surface area contributed by atoms with Crippen LogP contribution in [0.3, 0.4) is 0 Å². The van der Waals surface area contributed by atoms with E-state index in [2.05, 4.69) is 212 Å². The van der Waals surface area contributed by atoms with Gasteiger partial charge < -0.3 is 0 Å². The molecule has 0 aliphatic rings. The van der Waals surface area contributed by atoms with Gasteiger partial charge in [-0.1, -0.05) is 194 Å². The Morgan fingerprint density at radius 3 is 0.810 bits per heavy atom. The second-order valence-corrected chi connectivity index (χ2v) is 17.6. The third kappa shape index (κ3) is 4.93. The van der Waals surface area contributed by atoms with Gasteiger partial charge in [0.05, 0.1) is 0 Å². The standard InChI is InChI=1S/C62H35Cl/c63-58-35-39(38-27-30-55-57(34-38)47-18-6-12-24-53(47)60-49-20-8-2-14-43(49)45-16-4-10-22-51(45)62(55)60)32-40-31-36(25-28-41(40)58)37-26-29-54-56(33-37)46-17-5-11-23-52(46)59-48-19-7-1-13-42(48)44-15-3-9-21-50(44)61(54)59/h1-35H. The van der Waals surface area contributed by atoms with E-state index in [0.29, 0.717) is 0 Å². The Labute approximate surface area is 367 Å². The Morgan fingerprint density at radius 2 is 0.444 bits per heavy atom. The van der Waals surface area contributed by atoms with Crippen LogP contribution in [-0.4, -0.2) is 0 Å². The van der Waals surface area contributed by atoms with Crippen LogP contribution < -0.4 is 0 Å². The van der Waals surface area contributed by atoms with E-state index in [-0.39, 0.29) is 0 Å². The molecule has 14 rings (SSSR count). The highest BCUT2D eigenvalue weighted by molar-refractivity contribution is 6.41. The molecule has 0 N–H and O–H groups in total. The third-order valence-electron chi connectivity index (χ3n) is 14.0. The summed E-state index contributed by atoms with van der Waals surface area (Å²) in [5.74, 6) is 0. The highest BCUT2D eigenvalue weighted by Gasteiger charge is 2.19. The zero-order chi connectivity index (χ0) is 41.3. The van der Waals surface area contributed by atoms with Crippen molar-refractivity contribution in [3.63, 3.8) is 0 Å².